The molecule has 38 heavy (non-hydrogen) atoms. The molecule has 1 heterocycles. The Kier molecular flexibility index (Phi) is 7.01. The predicted molar refractivity (Wildman–Crippen MR) is 147 cm³/mol. The van der Waals surface area contributed by atoms with E-state index in [4.69, 9.17) is 21.1 Å². The van der Waals surface area contributed by atoms with Crippen LogP contribution in [0, 0.1) is 13.8 Å². The van der Waals surface area contributed by atoms with Gasteiger partial charge in [-0.2, -0.15) is 4.98 Å². The molecular formula is C30H29ClN2O4S. The van der Waals surface area contributed by atoms with Crippen LogP contribution in [0.3, 0.4) is 0 Å². The van der Waals surface area contributed by atoms with E-state index in [0.717, 1.165) is 40.7 Å². The molecule has 0 bridgehead atoms. The molecule has 1 saturated carbocycles. The van der Waals surface area contributed by atoms with Crippen molar-refractivity contribution >= 4 is 27.2 Å². The number of hydrogen-bond acceptors (Lipinski definition) is 6. The van der Waals surface area contributed by atoms with Crippen LogP contribution < -0.4 is 0 Å². The summed E-state index contributed by atoms with van der Waals surface area (Å²) in [7, 11) is -3.25. The third kappa shape index (κ3) is 5.18. The maximum atomic E-state index is 12.9. The monoisotopic (exact) mass is 548 g/mol. The summed E-state index contributed by atoms with van der Waals surface area (Å²) in [5.74, 6) is 1.29. The standard InChI is InChI=1S/C30H29ClN2O4S/c1-4-38(35,36)26-11-5-21(6-12-26)17-25(34)18-22-15-19(2)27(20(3)16-22)30(13-14-30)29-32-28(37-33-29)23-7-9-24(31)10-8-23/h5-12,15-16H,4,13-14,17-18H2,1-3H3. The number of rotatable bonds is 9. The van der Waals surface area contributed by atoms with Crippen LogP contribution in [0.5, 0.6) is 0 Å². The van der Waals surface area contributed by atoms with Crippen molar-refractivity contribution < 1.29 is 17.7 Å². The second-order valence-electron chi connectivity index (χ2n) is 10.1. The van der Waals surface area contributed by atoms with Crippen molar-refractivity contribution in [1.82, 2.24) is 10.1 Å². The Labute approximate surface area is 228 Å². The Morgan fingerprint density at radius 1 is 0.947 bits per heavy atom. The first-order chi connectivity index (χ1) is 18.1. The zero-order valence-electron chi connectivity index (χ0n) is 21.6. The van der Waals surface area contributed by atoms with Crippen molar-refractivity contribution in [3.63, 3.8) is 0 Å². The Hall–Kier alpha value is -3.29. The molecule has 0 amide bonds. The molecule has 196 valence electrons. The van der Waals surface area contributed by atoms with Crippen LogP contribution in [-0.4, -0.2) is 30.1 Å². The molecular weight excluding hydrogens is 520 g/mol. The lowest BCUT2D eigenvalue weighted by molar-refractivity contribution is -0.117. The van der Waals surface area contributed by atoms with Crippen molar-refractivity contribution in [3.8, 4) is 11.5 Å². The van der Waals surface area contributed by atoms with Crippen molar-refractivity contribution in [1.29, 1.82) is 0 Å². The van der Waals surface area contributed by atoms with Gasteiger partial charge in [0.25, 0.3) is 5.89 Å². The Morgan fingerprint density at radius 2 is 1.55 bits per heavy atom. The fraction of sp³-hybridized carbons (Fsp3) is 0.300. The van der Waals surface area contributed by atoms with Crippen LogP contribution in [0.2, 0.25) is 5.02 Å². The first-order valence-electron chi connectivity index (χ1n) is 12.7. The SMILES string of the molecule is CCS(=O)(=O)c1ccc(CC(=O)Cc2cc(C)c(C3(c4noc(-c5ccc(Cl)cc5)n4)CC3)c(C)c2)cc1. The number of carbonyl (C=O) groups excluding carboxylic acids is 1. The molecule has 1 aromatic heterocycles. The summed E-state index contributed by atoms with van der Waals surface area (Å²) in [5.41, 5.74) is 5.74. The zero-order chi connectivity index (χ0) is 27.1. The van der Waals surface area contributed by atoms with Gasteiger partial charge in [0.05, 0.1) is 16.1 Å². The number of sulfone groups is 1. The van der Waals surface area contributed by atoms with Gasteiger partial charge in [0.1, 0.15) is 5.78 Å². The molecule has 1 aliphatic rings. The highest BCUT2D eigenvalue weighted by molar-refractivity contribution is 7.91. The van der Waals surface area contributed by atoms with Crippen molar-refractivity contribution in [2.45, 2.75) is 56.8 Å². The summed E-state index contributed by atoms with van der Waals surface area (Å²) in [6, 6.07) is 18.1. The van der Waals surface area contributed by atoms with Gasteiger partial charge in [-0.3, -0.25) is 4.79 Å². The van der Waals surface area contributed by atoms with Crippen LogP contribution in [0.15, 0.2) is 70.1 Å². The van der Waals surface area contributed by atoms with E-state index in [0.29, 0.717) is 23.2 Å². The topological polar surface area (TPSA) is 90.1 Å². The third-order valence-corrected chi connectivity index (χ3v) is 9.23. The van der Waals surface area contributed by atoms with Gasteiger partial charge in [-0.1, -0.05) is 47.9 Å². The minimum Gasteiger partial charge on any atom is -0.334 e. The van der Waals surface area contributed by atoms with E-state index >= 15 is 0 Å². The minimum absolute atomic E-state index is 0.0531. The molecule has 6 nitrogen and oxygen atoms in total. The second-order valence-corrected chi connectivity index (χ2v) is 12.8. The maximum Gasteiger partial charge on any atom is 0.257 e. The van der Waals surface area contributed by atoms with Gasteiger partial charge in [0, 0.05) is 23.4 Å². The predicted octanol–water partition coefficient (Wildman–Crippen LogP) is 6.23. The van der Waals surface area contributed by atoms with Gasteiger partial charge in [-0.25, -0.2) is 8.42 Å². The number of carbonyl (C=O) groups is 1. The second kappa shape index (κ2) is 10.1. The van der Waals surface area contributed by atoms with Gasteiger partial charge in [0.2, 0.25) is 0 Å². The van der Waals surface area contributed by atoms with Gasteiger partial charge in [0.15, 0.2) is 15.7 Å². The lowest BCUT2D eigenvalue weighted by Gasteiger charge is -2.19. The van der Waals surface area contributed by atoms with Crippen LogP contribution in [-0.2, 0) is 32.9 Å². The fourth-order valence-corrected chi connectivity index (χ4v) is 6.26. The lowest BCUT2D eigenvalue weighted by atomic mass is 9.85. The molecule has 8 heteroatoms. The number of ketones is 1. The molecule has 4 aromatic rings. The zero-order valence-corrected chi connectivity index (χ0v) is 23.2. The third-order valence-electron chi connectivity index (χ3n) is 7.23. The molecule has 0 atom stereocenters. The quantitative estimate of drug-likeness (QED) is 0.246. The number of benzene rings is 3. The van der Waals surface area contributed by atoms with Crippen molar-refractivity contribution in [3.05, 3.63) is 99.3 Å². The molecule has 1 fully saturated rings. The number of nitrogens with zero attached hydrogens (tertiary/aromatic N) is 2. The van der Waals surface area contributed by atoms with Crippen LogP contribution in [0.1, 0.15) is 53.4 Å². The molecule has 0 radical (unpaired) electrons. The van der Waals surface area contributed by atoms with E-state index in [1.54, 1.807) is 43.3 Å². The molecule has 0 aliphatic heterocycles. The first kappa shape index (κ1) is 26.3. The van der Waals surface area contributed by atoms with E-state index in [2.05, 4.69) is 31.1 Å². The Morgan fingerprint density at radius 3 is 2.13 bits per heavy atom. The summed E-state index contributed by atoms with van der Waals surface area (Å²) in [6.07, 6.45) is 2.45. The average molecular weight is 549 g/mol. The highest BCUT2D eigenvalue weighted by atomic mass is 35.5. The van der Waals surface area contributed by atoms with Gasteiger partial charge >= 0.3 is 0 Å². The fourth-order valence-electron chi connectivity index (χ4n) is 5.25. The lowest BCUT2D eigenvalue weighted by Crippen LogP contribution is -2.16. The molecule has 1 aliphatic carbocycles. The number of aromatic nitrogens is 2. The molecule has 0 saturated heterocycles. The average Bonchev–Trinajstić information content (AvgIpc) is 3.51. The van der Waals surface area contributed by atoms with E-state index in [-0.39, 0.29) is 28.3 Å². The molecule has 0 spiro atoms. The van der Waals surface area contributed by atoms with Crippen LogP contribution >= 0.6 is 11.6 Å². The summed E-state index contributed by atoms with van der Waals surface area (Å²) < 4.78 is 29.7. The summed E-state index contributed by atoms with van der Waals surface area (Å²) in [4.78, 5) is 17.9. The summed E-state index contributed by atoms with van der Waals surface area (Å²) in [6.45, 7) is 5.76. The van der Waals surface area contributed by atoms with E-state index in [1.807, 2.05) is 12.1 Å². The maximum absolute atomic E-state index is 12.9. The Balaban J connectivity index is 1.32. The highest BCUT2D eigenvalue weighted by Gasteiger charge is 2.51. The van der Waals surface area contributed by atoms with Crippen molar-refractivity contribution in [2.75, 3.05) is 5.75 Å². The highest BCUT2D eigenvalue weighted by Crippen LogP contribution is 2.54. The van der Waals surface area contributed by atoms with E-state index in [1.165, 1.54) is 5.56 Å². The van der Waals surface area contributed by atoms with E-state index in [9.17, 15) is 13.2 Å². The molecule has 0 N–H and O–H groups in total. The normalized spacial score (nSPS) is 14.4. The molecule has 5 rings (SSSR count). The smallest absolute Gasteiger partial charge is 0.257 e. The van der Waals surface area contributed by atoms with Gasteiger partial charge < -0.3 is 4.52 Å². The number of aryl methyl sites for hydroxylation is 2. The van der Waals surface area contributed by atoms with E-state index < -0.39 is 9.84 Å². The first-order valence-corrected chi connectivity index (χ1v) is 14.7. The van der Waals surface area contributed by atoms with Gasteiger partial charge in [-0.15, -0.1) is 0 Å². The minimum atomic E-state index is -3.25. The summed E-state index contributed by atoms with van der Waals surface area (Å²) >= 11 is 6.00. The van der Waals surface area contributed by atoms with Crippen LogP contribution in [0.25, 0.3) is 11.5 Å². The van der Waals surface area contributed by atoms with Crippen LogP contribution in [0.4, 0.5) is 0 Å². The summed E-state index contributed by atoms with van der Waals surface area (Å²) in [5, 5.41) is 4.99. The number of Topliss-reactive ketones (excluding diaryl/α,β-unsaturated/α-hetero) is 1. The molecule has 0 unspecified atom stereocenters. The number of hydrogen-bond donors (Lipinski definition) is 0. The largest absolute Gasteiger partial charge is 0.334 e. The van der Waals surface area contributed by atoms with Crippen molar-refractivity contribution in [2.24, 2.45) is 0 Å². The van der Waals surface area contributed by atoms with Gasteiger partial charge in [-0.05, 0) is 90.9 Å². The molecule has 3 aromatic carbocycles. The Bertz CT molecular complexity index is 1580. The number of halogens is 1.